The van der Waals surface area contributed by atoms with Crippen LogP contribution in [0.3, 0.4) is 0 Å². The maximum atomic E-state index is 14.3. The molecule has 1 saturated heterocycles. The summed E-state index contributed by atoms with van der Waals surface area (Å²) in [6.07, 6.45) is 1.95. The lowest BCUT2D eigenvalue weighted by atomic mass is 10.0. The molecule has 2 aliphatic heterocycles. The Kier molecular flexibility index (Phi) is 5.96. The fraction of sp³-hybridized carbons (Fsp3) is 0.321. The molecule has 0 N–H and O–H groups in total. The van der Waals surface area contributed by atoms with Gasteiger partial charge in [0.05, 0.1) is 10.2 Å². The second-order valence-electron chi connectivity index (χ2n) is 9.43. The van der Waals surface area contributed by atoms with Crippen LogP contribution in [0.15, 0.2) is 66.0 Å². The highest BCUT2D eigenvalue weighted by atomic mass is 32.1. The highest BCUT2D eigenvalue weighted by molar-refractivity contribution is 7.17. The van der Waals surface area contributed by atoms with E-state index in [1.165, 1.54) is 5.56 Å². The van der Waals surface area contributed by atoms with Crippen molar-refractivity contribution in [2.24, 2.45) is 0 Å². The van der Waals surface area contributed by atoms with Crippen molar-refractivity contribution < 1.29 is 14.3 Å². The summed E-state index contributed by atoms with van der Waals surface area (Å²) in [5, 5.41) is 2.10. The first-order valence-electron chi connectivity index (χ1n) is 12.1. The smallest absolute Gasteiger partial charge is 0.271 e. The van der Waals surface area contributed by atoms with E-state index >= 15 is 0 Å². The maximum absolute atomic E-state index is 14.3. The second kappa shape index (κ2) is 9.40. The molecule has 0 radical (unpaired) electrons. The van der Waals surface area contributed by atoms with Crippen LogP contribution in [0.2, 0.25) is 0 Å². The van der Waals surface area contributed by atoms with E-state index in [0.29, 0.717) is 13.1 Å². The van der Waals surface area contributed by atoms with Crippen molar-refractivity contribution in [2.75, 3.05) is 26.9 Å². The summed E-state index contributed by atoms with van der Waals surface area (Å²) in [5.41, 5.74) is 4.13. The lowest BCUT2D eigenvalue weighted by molar-refractivity contribution is 0.0559. The minimum Gasteiger partial charge on any atom is -0.454 e. The quantitative estimate of drug-likeness (QED) is 0.374. The molecule has 1 amide bonds. The molecule has 6 nitrogen and oxygen atoms in total. The number of benzene rings is 2. The van der Waals surface area contributed by atoms with Gasteiger partial charge in [0.25, 0.3) is 5.91 Å². The van der Waals surface area contributed by atoms with Gasteiger partial charge >= 0.3 is 0 Å². The van der Waals surface area contributed by atoms with Gasteiger partial charge in [-0.25, -0.2) is 0 Å². The molecule has 180 valence electrons. The van der Waals surface area contributed by atoms with Gasteiger partial charge in [-0.05, 0) is 73.8 Å². The molecule has 4 heterocycles. The molecule has 7 heteroatoms. The van der Waals surface area contributed by atoms with Crippen LogP contribution in [0.4, 0.5) is 0 Å². The number of carbonyl (C=O) groups excluding carboxylic acids is 1. The van der Waals surface area contributed by atoms with Gasteiger partial charge in [-0.15, -0.1) is 11.3 Å². The van der Waals surface area contributed by atoms with E-state index in [4.69, 9.17) is 9.47 Å². The molecule has 0 aliphatic carbocycles. The first kappa shape index (κ1) is 22.2. The standard InChI is InChI=1S/C28H29N3O3S/c1-29-12-9-22(10-13-29)30(18-21-7-8-25-26(15-21)34-19-33-25)28(32)24-16-27-23(11-14-35-27)31(24)17-20-5-3-2-4-6-20/h2-8,11,14-16,22H,9-10,12-13,17-19H2,1H3. The van der Waals surface area contributed by atoms with Crippen molar-refractivity contribution in [2.45, 2.75) is 32.0 Å². The molecule has 0 unspecified atom stereocenters. The molecule has 2 aliphatic rings. The lowest BCUT2D eigenvalue weighted by Gasteiger charge is -2.37. The predicted octanol–water partition coefficient (Wildman–Crippen LogP) is 5.22. The summed E-state index contributed by atoms with van der Waals surface area (Å²) >= 11 is 1.69. The fourth-order valence-corrected chi connectivity index (χ4v) is 5.97. The minimum atomic E-state index is 0.0940. The van der Waals surface area contributed by atoms with Gasteiger partial charge in [-0.1, -0.05) is 36.4 Å². The summed E-state index contributed by atoms with van der Waals surface area (Å²) in [6.45, 7) is 3.47. The van der Waals surface area contributed by atoms with Crippen molar-refractivity contribution in [3.05, 3.63) is 82.9 Å². The zero-order chi connectivity index (χ0) is 23.8. The largest absolute Gasteiger partial charge is 0.454 e. The molecule has 0 saturated carbocycles. The highest BCUT2D eigenvalue weighted by Crippen LogP contribution is 2.34. The van der Waals surface area contributed by atoms with E-state index in [0.717, 1.165) is 58.9 Å². The van der Waals surface area contributed by atoms with Gasteiger partial charge in [-0.3, -0.25) is 4.79 Å². The number of nitrogens with zero attached hydrogens (tertiary/aromatic N) is 3. The van der Waals surface area contributed by atoms with Crippen LogP contribution in [0.25, 0.3) is 10.2 Å². The van der Waals surface area contributed by atoms with E-state index in [9.17, 15) is 4.79 Å². The zero-order valence-corrected chi connectivity index (χ0v) is 20.7. The average molecular weight is 488 g/mol. The number of carbonyl (C=O) groups is 1. The molecule has 4 aromatic rings. The Balaban J connectivity index is 1.36. The summed E-state index contributed by atoms with van der Waals surface area (Å²) < 4.78 is 14.4. The van der Waals surface area contributed by atoms with Crippen LogP contribution in [-0.4, -0.2) is 53.2 Å². The van der Waals surface area contributed by atoms with Crippen LogP contribution < -0.4 is 9.47 Å². The third-order valence-electron chi connectivity index (χ3n) is 7.11. The van der Waals surface area contributed by atoms with Crippen LogP contribution in [0.1, 0.15) is 34.5 Å². The fourth-order valence-electron chi connectivity index (χ4n) is 5.15. The second-order valence-corrected chi connectivity index (χ2v) is 10.4. The number of amides is 1. The Morgan fingerprint density at radius 1 is 1.00 bits per heavy atom. The maximum Gasteiger partial charge on any atom is 0.271 e. The number of hydrogen-bond acceptors (Lipinski definition) is 5. The molecule has 2 aromatic carbocycles. The topological polar surface area (TPSA) is 46.9 Å². The van der Waals surface area contributed by atoms with Crippen LogP contribution in [-0.2, 0) is 13.1 Å². The molecule has 2 aromatic heterocycles. The van der Waals surface area contributed by atoms with Crippen LogP contribution in [0, 0.1) is 0 Å². The van der Waals surface area contributed by atoms with E-state index in [2.05, 4.69) is 63.2 Å². The highest BCUT2D eigenvalue weighted by Gasteiger charge is 2.30. The molecule has 35 heavy (non-hydrogen) atoms. The Hall–Kier alpha value is -3.29. The summed E-state index contributed by atoms with van der Waals surface area (Å²) in [7, 11) is 2.15. The Morgan fingerprint density at radius 3 is 2.63 bits per heavy atom. The molecule has 0 bridgehead atoms. The lowest BCUT2D eigenvalue weighted by Crippen LogP contribution is -2.46. The number of likely N-dealkylation sites (tertiary alicyclic amines) is 1. The molecular weight excluding hydrogens is 458 g/mol. The first-order chi connectivity index (χ1) is 17.2. The van der Waals surface area contributed by atoms with Crippen molar-refractivity contribution >= 4 is 27.5 Å². The van der Waals surface area contributed by atoms with Gasteiger partial charge in [-0.2, -0.15) is 0 Å². The number of piperidine rings is 1. The van der Waals surface area contributed by atoms with Gasteiger partial charge in [0, 0.05) is 19.1 Å². The van der Waals surface area contributed by atoms with Gasteiger partial charge in [0.15, 0.2) is 11.5 Å². The van der Waals surface area contributed by atoms with Gasteiger partial charge in [0.2, 0.25) is 6.79 Å². The number of rotatable bonds is 6. The normalized spacial score (nSPS) is 16.1. The Labute approximate surface area is 209 Å². The van der Waals surface area contributed by atoms with E-state index < -0.39 is 0 Å². The van der Waals surface area contributed by atoms with Crippen molar-refractivity contribution in [1.82, 2.24) is 14.4 Å². The number of thiophene rings is 1. The first-order valence-corrected chi connectivity index (χ1v) is 13.0. The van der Waals surface area contributed by atoms with Crippen LogP contribution in [0.5, 0.6) is 11.5 Å². The molecule has 6 rings (SSSR count). The van der Waals surface area contributed by atoms with Gasteiger partial charge < -0.3 is 23.8 Å². The van der Waals surface area contributed by atoms with Crippen LogP contribution >= 0.6 is 11.3 Å². The Bertz CT molecular complexity index is 1340. The molecule has 0 atom stereocenters. The van der Waals surface area contributed by atoms with Crippen molar-refractivity contribution in [3.8, 4) is 11.5 Å². The Morgan fingerprint density at radius 2 is 1.80 bits per heavy atom. The van der Waals surface area contributed by atoms with Gasteiger partial charge in [0.1, 0.15) is 5.69 Å². The SMILES string of the molecule is CN1CCC(N(Cc2ccc3c(c2)OCO3)C(=O)c2cc3sccc3n2Cc2ccccc2)CC1. The monoisotopic (exact) mass is 487 g/mol. The molecule has 0 spiro atoms. The van der Waals surface area contributed by atoms with Crippen molar-refractivity contribution in [3.63, 3.8) is 0 Å². The molecule has 1 fully saturated rings. The number of fused-ring (bicyclic) bond motifs is 2. The third-order valence-corrected chi connectivity index (χ3v) is 7.96. The number of ether oxygens (including phenoxy) is 2. The van der Waals surface area contributed by atoms with E-state index in [1.807, 2.05) is 24.3 Å². The summed E-state index contributed by atoms with van der Waals surface area (Å²) in [5.74, 6) is 1.62. The van der Waals surface area contributed by atoms with E-state index in [-0.39, 0.29) is 18.7 Å². The average Bonchev–Trinajstić information content (AvgIpc) is 3.61. The predicted molar refractivity (Wildman–Crippen MR) is 138 cm³/mol. The van der Waals surface area contributed by atoms with Crippen molar-refractivity contribution in [1.29, 1.82) is 0 Å². The molecular formula is C28H29N3O3S. The summed E-state index contributed by atoms with van der Waals surface area (Å²) in [4.78, 5) is 18.7. The summed E-state index contributed by atoms with van der Waals surface area (Å²) in [6, 6.07) is 20.8. The minimum absolute atomic E-state index is 0.0940. The number of hydrogen-bond donors (Lipinski definition) is 0. The zero-order valence-electron chi connectivity index (χ0n) is 19.9. The number of aromatic nitrogens is 1. The third kappa shape index (κ3) is 4.42. The van der Waals surface area contributed by atoms with E-state index in [1.54, 1.807) is 11.3 Å².